The van der Waals surface area contributed by atoms with Crippen LogP contribution in [0.15, 0.2) is 29.9 Å². The Morgan fingerprint density at radius 3 is 2.36 bits per heavy atom. The van der Waals surface area contributed by atoms with Crippen LogP contribution in [0.25, 0.3) is 17.0 Å². The fourth-order valence-corrected chi connectivity index (χ4v) is 3.41. The molecule has 1 aromatic carbocycles. The summed E-state index contributed by atoms with van der Waals surface area (Å²) >= 11 is 0. The quantitative estimate of drug-likeness (QED) is 0.508. The highest BCUT2D eigenvalue weighted by Gasteiger charge is 2.52. The van der Waals surface area contributed by atoms with E-state index < -0.39 is 36.0 Å². The van der Waals surface area contributed by atoms with Crippen molar-refractivity contribution in [3.63, 3.8) is 0 Å². The minimum Gasteiger partial charge on any atom is -0.465 e. The summed E-state index contributed by atoms with van der Waals surface area (Å²) in [5.74, 6) is -0.417. The average Bonchev–Trinajstić information content (AvgIpc) is 3.20. The summed E-state index contributed by atoms with van der Waals surface area (Å²) in [4.78, 5) is 27.5. The molecule has 0 radical (unpaired) electrons. The van der Waals surface area contributed by atoms with E-state index in [1.165, 1.54) is 7.11 Å². The molecule has 0 spiro atoms. The third-order valence-electron chi connectivity index (χ3n) is 5.85. The highest BCUT2D eigenvalue weighted by atomic mass is 16.7. The van der Waals surface area contributed by atoms with Gasteiger partial charge < -0.3 is 29.1 Å². The topological polar surface area (TPSA) is 98.9 Å². The van der Waals surface area contributed by atoms with Crippen LogP contribution >= 0.6 is 0 Å². The Bertz CT molecular complexity index is 1060. The van der Waals surface area contributed by atoms with Gasteiger partial charge >= 0.3 is 19.2 Å². The van der Waals surface area contributed by atoms with Crippen LogP contribution in [0.2, 0.25) is 0 Å². The van der Waals surface area contributed by atoms with Gasteiger partial charge in [-0.15, -0.1) is 0 Å². The Hall–Kier alpha value is -2.78. The van der Waals surface area contributed by atoms with Gasteiger partial charge in [0.1, 0.15) is 5.60 Å². The molecule has 1 amide bonds. The van der Waals surface area contributed by atoms with E-state index in [2.05, 4.69) is 10.3 Å². The van der Waals surface area contributed by atoms with Gasteiger partial charge in [-0.25, -0.2) is 9.59 Å². The molecule has 0 aliphatic carbocycles. The number of esters is 1. The maximum Gasteiger partial charge on any atom is 0.492 e. The zero-order valence-corrected chi connectivity index (χ0v) is 20.6. The zero-order valence-electron chi connectivity index (χ0n) is 20.6. The fourth-order valence-electron chi connectivity index (χ4n) is 3.41. The maximum absolute atomic E-state index is 12.3. The molecule has 9 heteroatoms. The molecule has 0 atom stereocenters. The Morgan fingerprint density at radius 1 is 1.15 bits per heavy atom. The van der Waals surface area contributed by atoms with Crippen molar-refractivity contribution in [2.24, 2.45) is 0 Å². The molecule has 0 bridgehead atoms. The van der Waals surface area contributed by atoms with Crippen molar-refractivity contribution in [3.8, 4) is 0 Å². The van der Waals surface area contributed by atoms with Crippen LogP contribution in [0.1, 0.15) is 64.4 Å². The molecule has 178 valence electrons. The molecule has 1 fully saturated rings. The number of H-pyrrole nitrogens is 1. The SMILES string of the molecule is COC(=O)c1c[nH]c2ccc(C=C(CNC(=O)OC(C)(C)C)B3OC(C)(C)C(C)(C)O3)cc12. The van der Waals surface area contributed by atoms with E-state index in [0.29, 0.717) is 11.0 Å². The summed E-state index contributed by atoms with van der Waals surface area (Å²) in [6.07, 6.45) is 3.00. The first kappa shape index (κ1) is 24.9. The largest absolute Gasteiger partial charge is 0.492 e. The number of ether oxygens (including phenoxy) is 2. The fraction of sp³-hybridized carbons (Fsp3) is 0.500. The van der Waals surface area contributed by atoms with E-state index in [4.69, 9.17) is 18.8 Å². The second kappa shape index (κ2) is 8.87. The van der Waals surface area contributed by atoms with Gasteiger partial charge in [0.15, 0.2) is 0 Å². The third-order valence-corrected chi connectivity index (χ3v) is 5.85. The second-order valence-corrected chi connectivity index (χ2v) is 10.2. The van der Waals surface area contributed by atoms with Crippen molar-refractivity contribution < 1.29 is 28.4 Å². The van der Waals surface area contributed by atoms with Gasteiger partial charge in [-0.2, -0.15) is 0 Å². The molecule has 1 aliphatic rings. The number of nitrogens with one attached hydrogen (secondary N) is 2. The number of carbonyl (C=O) groups is 2. The van der Waals surface area contributed by atoms with Crippen LogP contribution < -0.4 is 5.32 Å². The van der Waals surface area contributed by atoms with Gasteiger partial charge in [0.25, 0.3) is 0 Å². The molecule has 2 N–H and O–H groups in total. The molecule has 0 unspecified atom stereocenters. The van der Waals surface area contributed by atoms with E-state index in [9.17, 15) is 9.59 Å². The Balaban J connectivity index is 1.95. The molecule has 1 aliphatic heterocycles. The lowest BCUT2D eigenvalue weighted by Gasteiger charge is -2.32. The van der Waals surface area contributed by atoms with Crippen molar-refractivity contribution in [2.75, 3.05) is 13.7 Å². The highest BCUT2D eigenvalue weighted by Crippen LogP contribution is 2.39. The maximum atomic E-state index is 12.3. The van der Waals surface area contributed by atoms with Gasteiger partial charge in [-0.05, 0) is 71.6 Å². The number of aromatic amines is 1. The highest BCUT2D eigenvalue weighted by molar-refractivity contribution is 6.56. The van der Waals surface area contributed by atoms with Gasteiger partial charge in [0, 0.05) is 23.6 Å². The molecular formula is C24H33BN2O6. The first-order chi connectivity index (χ1) is 15.2. The molecular weight excluding hydrogens is 423 g/mol. The van der Waals surface area contributed by atoms with E-state index in [-0.39, 0.29) is 6.54 Å². The summed E-state index contributed by atoms with van der Waals surface area (Å²) in [6, 6.07) is 5.69. The van der Waals surface area contributed by atoms with E-state index in [1.54, 1.807) is 6.20 Å². The van der Waals surface area contributed by atoms with Crippen LogP contribution in [0.4, 0.5) is 4.79 Å². The van der Waals surface area contributed by atoms with E-state index in [0.717, 1.165) is 16.5 Å². The molecule has 2 heterocycles. The first-order valence-corrected chi connectivity index (χ1v) is 10.9. The number of hydrogen-bond acceptors (Lipinski definition) is 6. The third kappa shape index (κ3) is 5.59. The van der Waals surface area contributed by atoms with Crippen LogP contribution in [0.3, 0.4) is 0 Å². The average molecular weight is 456 g/mol. The molecule has 0 saturated carbocycles. The van der Waals surface area contributed by atoms with Gasteiger partial charge in [0.2, 0.25) is 0 Å². The zero-order chi connectivity index (χ0) is 24.6. The number of alkyl carbamates (subject to hydrolysis) is 1. The van der Waals surface area contributed by atoms with Crippen molar-refractivity contribution in [2.45, 2.75) is 65.3 Å². The second-order valence-electron chi connectivity index (χ2n) is 10.2. The predicted octanol–water partition coefficient (Wildman–Crippen LogP) is 4.49. The van der Waals surface area contributed by atoms with Gasteiger partial charge in [0.05, 0.1) is 23.9 Å². The Morgan fingerprint density at radius 2 is 1.79 bits per heavy atom. The number of aromatic nitrogens is 1. The smallest absolute Gasteiger partial charge is 0.465 e. The molecule has 1 aromatic heterocycles. The van der Waals surface area contributed by atoms with Crippen LogP contribution in [0, 0.1) is 0 Å². The number of rotatable bonds is 5. The van der Waals surface area contributed by atoms with Gasteiger partial charge in [-0.1, -0.05) is 12.1 Å². The van der Waals surface area contributed by atoms with Crippen LogP contribution in [0.5, 0.6) is 0 Å². The number of fused-ring (bicyclic) bond motifs is 1. The summed E-state index contributed by atoms with van der Waals surface area (Å²) in [5.41, 5.74) is 1.12. The number of carbonyl (C=O) groups excluding carboxylic acids is 2. The first-order valence-electron chi connectivity index (χ1n) is 10.9. The number of benzene rings is 1. The standard InChI is InChI=1S/C24H33BN2O6/c1-22(2,3)31-21(29)27-13-16(25-32-23(4,5)24(6,7)33-25)11-15-9-10-19-17(12-15)18(14-26-19)20(28)30-8/h9-12,14,26H,13H2,1-8H3,(H,27,29). The summed E-state index contributed by atoms with van der Waals surface area (Å²) in [7, 11) is 0.691. The lowest BCUT2D eigenvalue weighted by atomic mass is 9.77. The van der Waals surface area contributed by atoms with Gasteiger partial charge in [-0.3, -0.25) is 0 Å². The summed E-state index contributed by atoms with van der Waals surface area (Å²) in [5, 5.41) is 3.53. The van der Waals surface area contributed by atoms with Crippen LogP contribution in [-0.2, 0) is 18.8 Å². The summed E-state index contributed by atoms with van der Waals surface area (Å²) < 4.78 is 22.7. The number of amides is 1. The monoisotopic (exact) mass is 456 g/mol. The Labute approximate surface area is 195 Å². The van der Waals surface area contributed by atoms with Crippen LogP contribution in [-0.4, -0.2) is 54.6 Å². The van der Waals surface area contributed by atoms with Crippen molar-refractivity contribution in [1.29, 1.82) is 0 Å². The lowest BCUT2D eigenvalue weighted by Crippen LogP contribution is -2.41. The van der Waals surface area contributed by atoms with E-state index in [1.807, 2.05) is 72.7 Å². The molecule has 2 aromatic rings. The minimum atomic E-state index is -0.660. The number of hydrogen-bond donors (Lipinski definition) is 2. The molecule has 8 nitrogen and oxygen atoms in total. The predicted molar refractivity (Wildman–Crippen MR) is 128 cm³/mol. The lowest BCUT2D eigenvalue weighted by molar-refractivity contribution is 0.00578. The molecule has 33 heavy (non-hydrogen) atoms. The van der Waals surface area contributed by atoms with E-state index >= 15 is 0 Å². The molecule has 1 saturated heterocycles. The summed E-state index contributed by atoms with van der Waals surface area (Å²) in [6.45, 7) is 13.5. The van der Waals surface area contributed by atoms with Crippen molar-refractivity contribution in [1.82, 2.24) is 10.3 Å². The number of methoxy groups -OCH3 is 1. The minimum absolute atomic E-state index is 0.167. The van der Waals surface area contributed by atoms with Crippen molar-refractivity contribution in [3.05, 3.63) is 41.0 Å². The normalized spacial score (nSPS) is 17.8. The van der Waals surface area contributed by atoms with Crippen molar-refractivity contribution >= 4 is 36.2 Å². The Kier molecular flexibility index (Phi) is 6.68. The molecule has 3 rings (SSSR count).